The lowest BCUT2D eigenvalue weighted by Crippen LogP contribution is -2.38. The number of thiocarbonyl (C=S) groups is 1. The Balaban J connectivity index is 2.31. The molecule has 124 valence electrons. The second kappa shape index (κ2) is 7.46. The summed E-state index contributed by atoms with van der Waals surface area (Å²) in [6, 6.07) is 9.89. The molecule has 6 heteroatoms. The fourth-order valence-electron chi connectivity index (χ4n) is 2.54. The van der Waals surface area contributed by atoms with Crippen molar-refractivity contribution in [1.82, 2.24) is 14.7 Å². The summed E-state index contributed by atoms with van der Waals surface area (Å²) in [5, 5.41) is 6.82. The van der Waals surface area contributed by atoms with Crippen LogP contribution in [0, 0.1) is 6.92 Å². The average molecular weight is 332 g/mol. The third-order valence-electron chi connectivity index (χ3n) is 4.11. The highest BCUT2D eigenvalue weighted by molar-refractivity contribution is 7.80. The molecule has 23 heavy (non-hydrogen) atoms. The van der Waals surface area contributed by atoms with Gasteiger partial charge in [-0.2, -0.15) is 0 Å². The van der Waals surface area contributed by atoms with E-state index < -0.39 is 0 Å². The second-order valence-electron chi connectivity index (χ2n) is 5.55. The predicted molar refractivity (Wildman–Crippen MR) is 99.5 cm³/mol. The van der Waals surface area contributed by atoms with Gasteiger partial charge < -0.3 is 10.6 Å². The van der Waals surface area contributed by atoms with Gasteiger partial charge in [0.2, 0.25) is 0 Å². The van der Waals surface area contributed by atoms with Crippen LogP contribution in [0.15, 0.2) is 35.1 Å². The summed E-state index contributed by atoms with van der Waals surface area (Å²) in [7, 11) is 1.87. The van der Waals surface area contributed by atoms with E-state index in [0.29, 0.717) is 16.8 Å². The minimum Gasteiger partial charge on any atom is -0.360 e. The van der Waals surface area contributed by atoms with Gasteiger partial charge in [-0.05, 0) is 44.1 Å². The molecule has 1 aromatic carbocycles. The number of nitrogens with one attached hydrogen (secondary N) is 2. The van der Waals surface area contributed by atoms with E-state index in [1.165, 1.54) is 0 Å². The number of anilines is 1. The van der Waals surface area contributed by atoms with Crippen LogP contribution in [-0.4, -0.2) is 20.5 Å². The zero-order chi connectivity index (χ0) is 17.0. The lowest BCUT2D eigenvalue weighted by Gasteiger charge is -2.17. The van der Waals surface area contributed by atoms with Crippen molar-refractivity contribution in [2.45, 2.75) is 39.7 Å². The van der Waals surface area contributed by atoms with Gasteiger partial charge in [-0.25, -0.2) is 4.68 Å². The van der Waals surface area contributed by atoms with E-state index in [4.69, 9.17) is 12.2 Å². The number of benzene rings is 1. The number of hydrogen-bond acceptors (Lipinski definition) is 2. The Bertz CT molecular complexity index is 729. The predicted octanol–water partition coefficient (Wildman–Crippen LogP) is 2.96. The van der Waals surface area contributed by atoms with E-state index in [2.05, 4.69) is 24.5 Å². The molecule has 0 atom stereocenters. The van der Waals surface area contributed by atoms with Gasteiger partial charge in [0.05, 0.1) is 11.4 Å². The van der Waals surface area contributed by atoms with Crippen molar-refractivity contribution in [3.05, 3.63) is 46.4 Å². The largest absolute Gasteiger partial charge is 0.360 e. The van der Waals surface area contributed by atoms with Gasteiger partial charge in [-0.3, -0.25) is 9.48 Å². The van der Waals surface area contributed by atoms with Crippen LogP contribution in [0.5, 0.6) is 0 Å². The van der Waals surface area contributed by atoms with Crippen LogP contribution in [0.4, 0.5) is 5.69 Å². The van der Waals surface area contributed by atoms with Gasteiger partial charge in [0, 0.05) is 13.1 Å². The SMILES string of the molecule is CCC(CC)NC(=S)Nc1c(C)n(C)n(-c2ccccc2)c1=O. The van der Waals surface area contributed by atoms with Crippen LogP contribution >= 0.6 is 12.2 Å². The summed E-state index contributed by atoms with van der Waals surface area (Å²) >= 11 is 5.35. The van der Waals surface area contributed by atoms with Gasteiger partial charge in [0.15, 0.2) is 5.11 Å². The summed E-state index contributed by atoms with van der Waals surface area (Å²) < 4.78 is 3.47. The molecule has 2 aromatic rings. The van der Waals surface area contributed by atoms with E-state index in [1.807, 2.05) is 49.0 Å². The zero-order valence-corrected chi connectivity index (χ0v) is 14.9. The summed E-state index contributed by atoms with van der Waals surface area (Å²) in [4.78, 5) is 12.8. The maximum atomic E-state index is 12.8. The summed E-state index contributed by atoms with van der Waals surface area (Å²) in [5.74, 6) is 0. The standard InChI is InChI=1S/C17H24N4OS/c1-5-13(6-2)18-17(23)19-15-12(3)20(4)21(16(15)22)14-10-8-7-9-11-14/h7-11,13H,5-6H2,1-4H3,(H2,18,19,23). The number of aromatic nitrogens is 2. The molecular formula is C17H24N4OS. The lowest BCUT2D eigenvalue weighted by molar-refractivity contribution is 0.573. The molecule has 0 radical (unpaired) electrons. The maximum Gasteiger partial charge on any atom is 0.295 e. The third-order valence-corrected chi connectivity index (χ3v) is 4.33. The minimum absolute atomic E-state index is 0.107. The monoisotopic (exact) mass is 332 g/mol. The Morgan fingerprint density at radius 1 is 1.22 bits per heavy atom. The molecule has 2 N–H and O–H groups in total. The summed E-state index contributed by atoms with van der Waals surface area (Å²) in [5.41, 5.74) is 2.08. The van der Waals surface area contributed by atoms with Crippen LogP contribution in [0.1, 0.15) is 32.4 Å². The molecule has 0 aliphatic carbocycles. The number of para-hydroxylation sites is 1. The summed E-state index contributed by atoms with van der Waals surface area (Å²) in [6.07, 6.45) is 1.97. The van der Waals surface area contributed by atoms with Crippen LogP contribution < -0.4 is 16.2 Å². The fourth-order valence-corrected chi connectivity index (χ4v) is 2.81. The lowest BCUT2D eigenvalue weighted by atomic mass is 10.2. The molecule has 1 heterocycles. The molecule has 0 fully saturated rings. The van der Waals surface area contributed by atoms with Gasteiger partial charge in [-0.15, -0.1) is 0 Å². The first-order chi connectivity index (χ1) is 11.0. The minimum atomic E-state index is -0.107. The fraction of sp³-hybridized carbons (Fsp3) is 0.412. The quantitative estimate of drug-likeness (QED) is 0.827. The smallest absolute Gasteiger partial charge is 0.295 e. The Kier molecular flexibility index (Phi) is 5.60. The van der Waals surface area contributed by atoms with Crippen LogP contribution in [0.2, 0.25) is 0 Å². The van der Waals surface area contributed by atoms with E-state index in [9.17, 15) is 4.79 Å². The maximum absolute atomic E-state index is 12.8. The van der Waals surface area contributed by atoms with Crippen molar-refractivity contribution in [3.63, 3.8) is 0 Å². The first kappa shape index (κ1) is 17.3. The number of rotatable bonds is 5. The molecule has 0 aliphatic rings. The highest BCUT2D eigenvalue weighted by atomic mass is 32.1. The molecule has 0 unspecified atom stereocenters. The van der Waals surface area contributed by atoms with Crippen LogP contribution in [-0.2, 0) is 7.05 Å². The van der Waals surface area contributed by atoms with E-state index in [-0.39, 0.29) is 5.56 Å². The van der Waals surface area contributed by atoms with Gasteiger partial charge in [-0.1, -0.05) is 32.0 Å². The summed E-state index contributed by atoms with van der Waals surface area (Å²) in [6.45, 7) is 6.13. The first-order valence-corrected chi connectivity index (χ1v) is 8.31. The van der Waals surface area contributed by atoms with Crippen molar-refractivity contribution >= 4 is 23.0 Å². The van der Waals surface area contributed by atoms with Crippen molar-refractivity contribution in [2.75, 3.05) is 5.32 Å². The van der Waals surface area contributed by atoms with E-state index in [0.717, 1.165) is 24.2 Å². The topological polar surface area (TPSA) is 51.0 Å². The number of hydrogen-bond donors (Lipinski definition) is 2. The molecule has 0 saturated carbocycles. The van der Waals surface area contributed by atoms with Crippen LogP contribution in [0.3, 0.4) is 0 Å². The normalized spacial score (nSPS) is 10.8. The highest BCUT2D eigenvalue weighted by Gasteiger charge is 2.17. The molecule has 0 spiro atoms. The second-order valence-corrected chi connectivity index (χ2v) is 5.96. The van der Waals surface area contributed by atoms with Crippen LogP contribution in [0.25, 0.3) is 5.69 Å². The molecule has 1 aromatic heterocycles. The molecule has 0 saturated heterocycles. The molecule has 0 aliphatic heterocycles. The van der Waals surface area contributed by atoms with E-state index >= 15 is 0 Å². The zero-order valence-electron chi connectivity index (χ0n) is 14.1. The molecule has 5 nitrogen and oxygen atoms in total. The Hall–Kier alpha value is -2.08. The van der Waals surface area contributed by atoms with Crippen molar-refractivity contribution in [2.24, 2.45) is 7.05 Å². The Morgan fingerprint density at radius 2 is 1.83 bits per heavy atom. The van der Waals surface area contributed by atoms with Crippen molar-refractivity contribution in [3.8, 4) is 5.69 Å². The first-order valence-electron chi connectivity index (χ1n) is 7.91. The average Bonchev–Trinajstić information content (AvgIpc) is 2.77. The van der Waals surface area contributed by atoms with Crippen molar-refractivity contribution in [1.29, 1.82) is 0 Å². The number of nitrogens with zero attached hydrogens (tertiary/aromatic N) is 2. The van der Waals surface area contributed by atoms with Crippen molar-refractivity contribution < 1.29 is 0 Å². The third kappa shape index (κ3) is 3.64. The highest BCUT2D eigenvalue weighted by Crippen LogP contribution is 2.14. The van der Waals surface area contributed by atoms with E-state index in [1.54, 1.807) is 4.68 Å². The molecule has 0 amide bonds. The Morgan fingerprint density at radius 3 is 2.39 bits per heavy atom. The van der Waals surface area contributed by atoms with Gasteiger partial charge in [0.1, 0.15) is 5.69 Å². The van der Waals surface area contributed by atoms with Gasteiger partial charge in [0.25, 0.3) is 5.56 Å². The van der Waals surface area contributed by atoms with Gasteiger partial charge >= 0.3 is 0 Å². The molecular weight excluding hydrogens is 308 g/mol. The molecule has 0 bridgehead atoms. The Labute approximate surface area is 142 Å². The molecule has 2 rings (SSSR count).